The first-order valence-corrected chi connectivity index (χ1v) is 10.1. The second-order valence-electron chi connectivity index (χ2n) is 7.99. The zero-order chi connectivity index (χ0) is 21.7. The molecule has 1 aliphatic heterocycles. The minimum absolute atomic E-state index is 0.0530. The monoisotopic (exact) mass is 415 g/mol. The van der Waals surface area contributed by atoms with Crippen LogP contribution in [0, 0.1) is 5.82 Å². The van der Waals surface area contributed by atoms with Crippen LogP contribution in [-0.4, -0.2) is 73.6 Å². The van der Waals surface area contributed by atoms with Crippen LogP contribution < -0.4 is 4.90 Å². The number of carbonyl (C=O) groups excluding carboxylic acids is 1. The Morgan fingerprint density at radius 1 is 1.17 bits per heavy atom. The zero-order valence-electron chi connectivity index (χ0n) is 18.1. The molecule has 0 bridgehead atoms. The highest BCUT2D eigenvalue weighted by molar-refractivity contribution is 5.79. The van der Waals surface area contributed by atoms with Gasteiger partial charge in [-0.1, -0.05) is 12.1 Å². The molecule has 2 aromatic rings. The molecule has 1 fully saturated rings. The SMILES string of the molecule is COCCN1C[C@H](c2cc(N(C)C)nc(CN(C)Cc3ccc(F)cc3)n2)CC1=O. The number of hydrogen-bond donors (Lipinski definition) is 0. The highest BCUT2D eigenvalue weighted by Gasteiger charge is 2.32. The van der Waals surface area contributed by atoms with E-state index in [1.165, 1.54) is 12.1 Å². The summed E-state index contributed by atoms with van der Waals surface area (Å²) >= 11 is 0. The van der Waals surface area contributed by atoms with Gasteiger partial charge in [0, 0.05) is 59.2 Å². The summed E-state index contributed by atoms with van der Waals surface area (Å²) in [5.74, 6) is 1.49. The van der Waals surface area contributed by atoms with Crippen LogP contribution in [0.25, 0.3) is 0 Å². The van der Waals surface area contributed by atoms with Crippen molar-refractivity contribution in [3.63, 3.8) is 0 Å². The van der Waals surface area contributed by atoms with Crippen molar-refractivity contribution in [2.75, 3.05) is 52.8 Å². The Labute approximate surface area is 177 Å². The van der Waals surface area contributed by atoms with Gasteiger partial charge < -0.3 is 14.5 Å². The van der Waals surface area contributed by atoms with Crippen LogP contribution in [0.4, 0.5) is 10.2 Å². The van der Waals surface area contributed by atoms with Crippen molar-refractivity contribution in [2.45, 2.75) is 25.4 Å². The number of hydrogen-bond acceptors (Lipinski definition) is 6. The van der Waals surface area contributed by atoms with Crippen LogP contribution in [0.5, 0.6) is 0 Å². The molecule has 1 aromatic carbocycles. The Morgan fingerprint density at radius 2 is 1.90 bits per heavy atom. The Morgan fingerprint density at radius 3 is 2.57 bits per heavy atom. The molecule has 30 heavy (non-hydrogen) atoms. The number of methoxy groups -OCH3 is 1. The average Bonchev–Trinajstić information content (AvgIpc) is 3.08. The molecular formula is C22H30FN5O2. The molecule has 8 heteroatoms. The lowest BCUT2D eigenvalue weighted by Gasteiger charge is -2.20. The van der Waals surface area contributed by atoms with Gasteiger partial charge in [-0.15, -0.1) is 0 Å². The van der Waals surface area contributed by atoms with Crippen LogP contribution in [0.15, 0.2) is 30.3 Å². The number of amides is 1. The Bertz CT molecular complexity index is 859. The second-order valence-corrected chi connectivity index (χ2v) is 7.99. The molecule has 1 atom stereocenters. The maximum Gasteiger partial charge on any atom is 0.223 e. The molecule has 3 rings (SSSR count). The van der Waals surface area contributed by atoms with Gasteiger partial charge in [0.15, 0.2) is 0 Å². The highest BCUT2D eigenvalue weighted by Crippen LogP contribution is 2.28. The van der Waals surface area contributed by atoms with E-state index in [0.29, 0.717) is 45.0 Å². The number of rotatable bonds is 9. The molecule has 162 valence electrons. The third-order valence-electron chi connectivity index (χ3n) is 5.21. The minimum Gasteiger partial charge on any atom is -0.383 e. The lowest BCUT2D eigenvalue weighted by atomic mass is 10.0. The van der Waals surface area contributed by atoms with Gasteiger partial charge in [-0.05, 0) is 24.7 Å². The number of carbonyl (C=O) groups is 1. The van der Waals surface area contributed by atoms with Gasteiger partial charge in [0.25, 0.3) is 0 Å². The Kier molecular flexibility index (Phi) is 7.33. The number of ether oxygens (including phenoxy) is 1. The molecule has 1 aromatic heterocycles. The molecule has 1 aliphatic rings. The Balaban J connectivity index is 1.74. The van der Waals surface area contributed by atoms with Gasteiger partial charge in [0.1, 0.15) is 17.5 Å². The maximum atomic E-state index is 13.1. The molecule has 0 radical (unpaired) electrons. The molecule has 1 amide bonds. The molecule has 2 heterocycles. The van der Waals surface area contributed by atoms with Crippen molar-refractivity contribution >= 4 is 11.7 Å². The quantitative estimate of drug-likeness (QED) is 0.626. The third kappa shape index (κ3) is 5.73. The summed E-state index contributed by atoms with van der Waals surface area (Å²) in [4.78, 5) is 27.7. The van der Waals surface area contributed by atoms with Crippen LogP contribution in [-0.2, 0) is 22.6 Å². The standard InChI is InChI=1S/C22H30FN5O2/c1-26(2)21-12-19(17-11-22(29)28(14-17)9-10-30-4)24-20(25-21)15-27(3)13-16-5-7-18(23)8-6-16/h5-8,12,17H,9-11,13-15H2,1-4H3/t17-/m1/s1. The van der Waals surface area contributed by atoms with E-state index in [4.69, 9.17) is 9.72 Å². The number of halogens is 1. The van der Waals surface area contributed by atoms with Gasteiger partial charge in [0.2, 0.25) is 5.91 Å². The average molecular weight is 416 g/mol. The lowest BCUT2D eigenvalue weighted by molar-refractivity contribution is -0.128. The number of likely N-dealkylation sites (tertiary alicyclic amines) is 1. The second kappa shape index (κ2) is 9.95. The summed E-state index contributed by atoms with van der Waals surface area (Å²) in [5.41, 5.74) is 1.92. The summed E-state index contributed by atoms with van der Waals surface area (Å²) < 4.78 is 18.2. The minimum atomic E-state index is -0.237. The van der Waals surface area contributed by atoms with E-state index in [1.54, 1.807) is 19.2 Å². The van der Waals surface area contributed by atoms with Gasteiger partial charge >= 0.3 is 0 Å². The van der Waals surface area contributed by atoms with Crippen molar-refractivity contribution in [3.8, 4) is 0 Å². The molecule has 0 N–H and O–H groups in total. The number of anilines is 1. The number of benzene rings is 1. The topological polar surface area (TPSA) is 61.8 Å². The molecule has 0 spiro atoms. The Hall–Kier alpha value is -2.58. The van der Waals surface area contributed by atoms with E-state index in [9.17, 15) is 9.18 Å². The van der Waals surface area contributed by atoms with Crippen LogP contribution >= 0.6 is 0 Å². The van der Waals surface area contributed by atoms with Crippen molar-refractivity contribution in [1.29, 1.82) is 0 Å². The predicted molar refractivity (Wildman–Crippen MR) is 114 cm³/mol. The molecule has 7 nitrogen and oxygen atoms in total. The van der Waals surface area contributed by atoms with Crippen LogP contribution in [0.2, 0.25) is 0 Å². The number of aromatic nitrogens is 2. The van der Waals surface area contributed by atoms with E-state index in [2.05, 4.69) is 9.88 Å². The normalized spacial score (nSPS) is 16.5. The molecule has 1 saturated heterocycles. The van der Waals surface area contributed by atoms with E-state index in [-0.39, 0.29) is 17.6 Å². The predicted octanol–water partition coefficient (Wildman–Crippen LogP) is 2.28. The summed E-state index contributed by atoms with van der Waals surface area (Å²) in [6.45, 7) is 3.00. The molecule has 0 unspecified atom stereocenters. The van der Waals surface area contributed by atoms with E-state index >= 15 is 0 Å². The fourth-order valence-electron chi connectivity index (χ4n) is 3.60. The molecule has 0 saturated carbocycles. The molecular weight excluding hydrogens is 385 g/mol. The largest absolute Gasteiger partial charge is 0.383 e. The first-order chi connectivity index (χ1) is 14.4. The first kappa shape index (κ1) is 22.1. The van der Waals surface area contributed by atoms with Gasteiger partial charge in [0.05, 0.1) is 18.8 Å². The lowest BCUT2D eigenvalue weighted by Crippen LogP contribution is -2.28. The van der Waals surface area contributed by atoms with Crippen molar-refractivity contribution in [2.24, 2.45) is 0 Å². The van der Waals surface area contributed by atoms with Crippen molar-refractivity contribution in [1.82, 2.24) is 19.8 Å². The summed E-state index contributed by atoms with van der Waals surface area (Å²) in [6, 6.07) is 8.48. The van der Waals surface area contributed by atoms with E-state index < -0.39 is 0 Å². The van der Waals surface area contributed by atoms with Crippen LogP contribution in [0.1, 0.15) is 29.4 Å². The summed E-state index contributed by atoms with van der Waals surface area (Å²) in [5, 5.41) is 0. The fourth-order valence-corrected chi connectivity index (χ4v) is 3.60. The van der Waals surface area contributed by atoms with Crippen molar-refractivity contribution < 1.29 is 13.9 Å². The zero-order valence-corrected chi connectivity index (χ0v) is 18.1. The maximum absolute atomic E-state index is 13.1. The first-order valence-electron chi connectivity index (χ1n) is 10.1. The van der Waals surface area contributed by atoms with Crippen LogP contribution in [0.3, 0.4) is 0 Å². The third-order valence-corrected chi connectivity index (χ3v) is 5.21. The van der Waals surface area contributed by atoms with Gasteiger partial charge in [-0.3, -0.25) is 9.69 Å². The van der Waals surface area contributed by atoms with Gasteiger partial charge in [-0.2, -0.15) is 0 Å². The number of nitrogens with zero attached hydrogens (tertiary/aromatic N) is 5. The summed E-state index contributed by atoms with van der Waals surface area (Å²) in [6.07, 6.45) is 0.457. The van der Waals surface area contributed by atoms with Gasteiger partial charge in [-0.25, -0.2) is 14.4 Å². The van der Waals surface area contributed by atoms with E-state index in [1.807, 2.05) is 37.0 Å². The smallest absolute Gasteiger partial charge is 0.223 e. The fraction of sp³-hybridized carbons (Fsp3) is 0.500. The van der Waals surface area contributed by atoms with E-state index in [0.717, 1.165) is 17.1 Å². The summed E-state index contributed by atoms with van der Waals surface area (Å²) in [7, 11) is 7.52. The molecule has 0 aliphatic carbocycles. The van der Waals surface area contributed by atoms with Crippen molar-refractivity contribution in [3.05, 3.63) is 53.2 Å². The highest BCUT2D eigenvalue weighted by atomic mass is 19.1.